The molecule has 89 heavy (non-hydrogen) atoms. The molecule has 0 aromatic heterocycles. The number of rotatable bonds is 30. The fourth-order valence-electron chi connectivity index (χ4n) is 11.7. The first kappa shape index (κ1) is 73.2. The largest absolute Gasteiger partial charge is 0.394 e. The summed E-state index contributed by atoms with van der Waals surface area (Å²) in [4.78, 5) is 0. The van der Waals surface area contributed by atoms with Crippen LogP contribution < -0.4 is 0 Å². The third-order valence-corrected chi connectivity index (χ3v) is 17.4. The van der Waals surface area contributed by atoms with E-state index < -0.39 is 299 Å². The van der Waals surface area contributed by atoms with Gasteiger partial charge < -0.3 is 204 Å². The van der Waals surface area contributed by atoms with Crippen LogP contribution in [0.15, 0.2) is 0 Å². The smallest absolute Gasteiger partial charge is 0.222 e. The molecule has 8 aliphatic rings. The summed E-state index contributed by atoms with van der Waals surface area (Å²) < 4.78 is 86.5. The highest BCUT2D eigenvalue weighted by atomic mass is 16.8. The molecule has 41 heteroatoms. The van der Waals surface area contributed by atoms with E-state index in [2.05, 4.69) is 0 Å². The van der Waals surface area contributed by atoms with Gasteiger partial charge in [-0.2, -0.15) is 0 Å². The Bertz CT molecular complexity index is 2270. The molecule has 0 spiro atoms. The van der Waals surface area contributed by atoms with Crippen LogP contribution >= 0.6 is 0 Å². The van der Waals surface area contributed by atoms with Crippen molar-refractivity contribution in [2.75, 3.05) is 106 Å². The summed E-state index contributed by atoms with van der Waals surface area (Å²) >= 11 is 0. The lowest BCUT2D eigenvalue weighted by Gasteiger charge is -2.43. The van der Waals surface area contributed by atoms with E-state index in [4.69, 9.17) is 71.1 Å². The molecule has 1 unspecified atom stereocenters. The summed E-state index contributed by atoms with van der Waals surface area (Å²) in [6.45, 7) is -19.6. The monoisotopic (exact) mass is 1310 g/mol. The molecule has 520 valence electrons. The van der Waals surface area contributed by atoms with E-state index in [1.807, 2.05) is 0 Å². The van der Waals surface area contributed by atoms with Gasteiger partial charge in [-0.15, -0.1) is 0 Å². The average molecular weight is 1320 g/mol. The second-order valence-electron chi connectivity index (χ2n) is 22.9. The zero-order chi connectivity index (χ0) is 65.8. The Balaban J connectivity index is 1.10. The highest BCUT2D eigenvalue weighted by Crippen LogP contribution is 2.46. The molecule has 8 heterocycles. The summed E-state index contributed by atoms with van der Waals surface area (Å²) in [6, 6.07) is 0. The van der Waals surface area contributed by atoms with Gasteiger partial charge in [-0.25, -0.2) is 0 Å². The molecule has 0 aliphatic carbocycles. The maximum absolute atomic E-state index is 11.8. The number of hydrogen-bond acceptors (Lipinski definition) is 41. The van der Waals surface area contributed by atoms with Gasteiger partial charge >= 0.3 is 0 Å². The molecule has 41 nitrogen and oxygen atoms in total. The fraction of sp³-hybridized carbons (Fsp3) is 1.00. The quantitative estimate of drug-likeness (QED) is 0.0318. The number of aliphatic hydroxyl groups excluding tert-OH is 25. The zero-order valence-electron chi connectivity index (χ0n) is 46.9. The molecule has 8 fully saturated rings. The van der Waals surface area contributed by atoms with E-state index in [9.17, 15) is 133 Å². The summed E-state index contributed by atoms with van der Waals surface area (Å²) in [6.07, 6.45) is -49.8. The first-order chi connectivity index (χ1) is 41.9. The van der Waals surface area contributed by atoms with Crippen molar-refractivity contribution in [2.45, 2.75) is 193 Å². The molecular formula is C48H82O41. The van der Waals surface area contributed by atoms with Crippen molar-refractivity contribution in [3.8, 4) is 0 Å². The lowest BCUT2D eigenvalue weighted by Crippen LogP contribution is -2.61. The number of aliphatic hydroxyl groups is 26. The molecule has 0 saturated carbocycles. The second kappa shape index (κ2) is 28.2. The van der Waals surface area contributed by atoms with Crippen LogP contribution in [0.25, 0.3) is 0 Å². The molecule has 0 aromatic carbocycles. The van der Waals surface area contributed by atoms with E-state index in [0.29, 0.717) is 0 Å². The third kappa shape index (κ3) is 12.9. The predicted molar refractivity (Wildman–Crippen MR) is 265 cm³/mol. The fourth-order valence-corrected chi connectivity index (χ4v) is 11.7. The van der Waals surface area contributed by atoms with Crippen LogP contribution in [0.2, 0.25) is 0 Å². The molecular weight excluding hydrogens is 1230 g/mol. The minimum Gasteiger partial charge on any atom is -0.394 e. The Kier molecular flexibility index (Phi) is 23.2. The first-order valence-electron chi connectivity index (χ1n) is 27.9. The molecule has 8 saturated heterocycles. The van der Waals surface area contributed by atoms with Crippen molar-refractivity contribution in [3.63, 3.8) is 0 Å². The van der Waals surface area contributed by atoms with Gasteiger partial charge in [0.2, 0.25) is 46.3 Å². The van der Waals surface area contributed by atoms with Gasteiger partial charge in [0.15, 0.2) is 0 Å². The molecule has 8 aliphatic heterocycles. The van der Waals surface area contributed by atoms with Gasteiger partial charge in [0.1, 0.15) is 199 Å². The number of ether oxygens (including phenoxy) is 15. The van der Waals surface area contributed by atoms with Crippen molar-refractivity contribution >= 4 is 0 Å². The van der Waals surface area contributed by atoms with Crippen molar-refractivity contribution in [3.05, 3.63) is 0 Å². The lowest BCUT2D eigenvalue weighted by molar-refractivity contribution is -0.392. The molecule has 0 aromatic rings. The van der Waals surface area contributed by atoms with Crippen molar-refractivity contribution < 1.29 is 204 Å². The molecule has 8 rings (SSSR count). The van der Waals surface area contributed by atoms with Crippen LogP contribution in [0.5, 0.6) is 0 Å². The molecule has 0 radical (unpaired) electrons. The standard InChI is InChI=1S/C48H82O41/c49-1-17-25(58)33(66)41(74,82-17)10-75-43(35(68)27(60)19(3-51)84-43)12-77-45(37(70)29(62)21(5-53)86-45)14-79-47(39(72)31(64)23(7-55)88-47)16-81-48(40(73)32(65)24(8-56)89-48)15-80-46(38(71)30(63)22(6-54)87-46)13-78-44(36(69)28(61)20(4-52)85-44)11-76-42(9-57)34(67)26(59)18(2-50)83-42/h17-40,49-74H,1-16H2/t17-,18-,19-,20-,21-,22-,23-,24-,25-,26-,27-,28-,29-,30-,31-,32-,33-,34-,35-,36-,37-,38-,39-,40-,41-,42-,43-,44-,45-,46-,47?,48-/m0/s1. The van der Waals surface area contributed by atoms with Gasteiger partial charge in [-0.05, 0) is 0 Å². The zero-order valence-corrected chi connectivity index (χ0v) is 46.9. The Morgan fingerprint density at radius 1 is 0.213 bits per heavy atom. The minimum absolute atomic E-state index is 0.932. The third-order valence-electron chi connectivity index (χ3n) is 17.4. The minimum atomic E-state index is -3.07. The summed E-state index contributed by atoms with van der Waals surface area (Å²) in [7, 11) is 0. The van der Waals surface area contributed by atoms with Gasteiger partial charge in [0.05, 0.1) is 52.9 Å². The van der Waals surface area contributed by atoms with Crippen LogP contribution in [0.3, 0.4) is 0 Å². The van der Waals surface area contributed by atoms with Gasteiger partial charge in [-0.3, -0.25) is 0 Å². The van der Waals surface area contributed by atoms with Gasteiger partial charge in [0.25, 0.3) is 0 Å². The predicted octanol–water partition coefficient (Wildman–Crippen LogP) is -18.4. The first-order valence-corrected chi connectivity index (χ1v) is 27.9. The van der Waals surface area contributed by atoms with E-state index in [1.165, 1.54) is 0 Å². The SMILES string of the molecule is OC[C@@H]1OC(CO[C@@]2(CO[C@@]3(CO[C@@]4(CO[C@@]5(CO)O[C@@H](CO)[C@H](O)[C@@H]5O)O[C@@H](CO)[C@H](O)[C@@H]4O)O[C@@H](CO)[C@H](O)[C@@H]3O)O[C@@H](CO)[C@H](O)[C@@H]2O)(OC[C@]2(OC[C@]3(OC[C@]4(O)O[C@@H](CO)[C@H](O)[C@@H]4O)O[C@@H](CO)[C@H](O)[C@@H]3O)O[C@@H](CO)[C@H](O)[C@@H]2O)[C@@H](O)[C@H]1O. The van der Waals surface area contributed by atoms with Crippen molar-refractivity contribution in [2.24, 2.45) is 0 Å². The Morgan fingerprint density at radius 2 is 0.371 bits per heavy atom. The maximum atomic E-state index is 11.8. The highest BCUT2D eigenvalue weighted by molar-refractivity contribution is 5.07. The van der Waals surface area contributed by atoms with Crippen molar-refractivity contribution in [1.82, 2.24) is 0 Å². The topological polar surface area (TPSA) is 664 Å². The summed E-state index contributed by atoms with van der Waals surface area (Å²) in [5, 5.41) is 281. The lowest BCUT2D eigenvalue weighted by atomic mass is 10.0. The van der Waals surface area contributed by atoms with Crippen LogP contribution in [-0.4, -0.2) is 431 Å². The van der Waals surface area contributed by atoms with Crippen LogP contribution in [0.4, 0.5) is 0 Å². The Morgan fingerprint density at radius 3 is 0.551 bits per heavy atom. The van der Waals surface area contributed by atoms with E-state index in [0.717, 1.165) is 0 Å². The van der Waals surface area contributed by atoms with E-state index in [1.54, 1.807) is 0 Å². The van der Waals surface area contributed by atoms with Gasteiger partial charge in [-0.1, -0.05) is 0 Å². The second-order valence-corrected chi connectivity index (χ2v) is 22.9. The van der Waals surface area contributed by atoms with Gasteiger partial charge in [0, 0.05) is 0 Å². The highest BCUT2D eigenvalue weighted by Gasteiger charge is 2.68. The normalized spacial score (nSPS) is 52.5. The van der Waals surface area contributed by atoms with Crippen molar-refractivity contribution in [1.29, 1.82) is 0 Å². The van der Waals surface area contributed by atoms with Crippen LogP contribution in [0, 0.1) is 0 Å². The molecule has 0 bridgehead atoms. The van der Waals surface area contributed by atoms with E-state index >= 15 is 0 Å². The summed E-state index contributed by atoms with van der Waals surface area (Å²) in [5.41, 5.74) is 0. The molecule has 0 amide bonds. The number of hydrogen-bond donors (Lipinski definition) is 26. The molecule has 26 N–H and O–H groups in total. The van der Waals surface area contributed by atoms with E-state index in [-0.39, 0.29) is 0 Å². The summed E-state index contributed by atoms with van der Waals surface area (Å²) in [5.74, 6) is -23.5. The van der Waals surface area contributed by atoms with Crippen LogP contribution in [0.1, 0.15) is 0 Å². The Hall–Kier alpha value is -1.64. The Labute approximate surface area is 501 Å². The maximum Gasteiger partial charge on any atom is 0.222 e. The average Bonchev–Trinajstić information content (AvgIpc) is 1.64. The van der Waals surface area contributed by atoms with Crippen LogP contribution in [-0.2, 0) is 71.1 Å². The molecule has 32 atom stereocenters.